The van der Waals surface area contributed by atoms with E-state index in [1.165, 1.54) is 38.1 Å². The number of ether oxygens (including phenoxy) is 1. The molecule has 0 heterocycles. The predicted octanol–water partition coefficient (Wildman–Crippen LogP) is 3.91. The van der Waals surface area contributed by atoms with E-state index in [0.717, 1.165) is 23.1 Å². The van der Waals surface area contributed by atoms with Gasteiger partial charge in [-0.3, -0.25) is 18.9 Å². The van der Waals surface area contributed by atoms with Crippen LogP contribution >= 0.6 is 0 Å². The van der Waals surface area contributed by atoms with Gasteiger partial charge in [0.15, 0.2) is 11.6 Å². The molecule has 1 unspecified atom stereocenters. The molecule has 2 amide bonds. The zero-order chi connectivity index (χ0) is 32.3. The lowest BCUT2D eigenvalue weighted by atomic mass is 9.97. The summed E-state index contributed by atoms with van der Waals surface area (Å²) in [5.41, 5.74) is 8.60. The molecule has 0 bridgehead atoms. The molecule has 0 aromatic heterocycles. The quantitative estimate of drug-likeness (QED) is 0.274. The van der Waals surface area contributed by atoms with Gasteiger partial charge in [-0.1, -0.05) is 19.1 Å². The van der Waals surface area contributed by atoms with Crippen LogP contribution in [0.5, 0.6) is 0 Å². The molecule has 2 aliphatic rings. The second-order valence-corrected chi connectivity index (χ2v) is 11.3. The van der Waals surface area contributed by atoms with Crippen LogP contribution < -0.4 is 11.1 Å². The Morgan fingerprint density at radius 1 is 0.907 bits per heavy atom. The van der Waals surface area contributed by atoms with Gasteiger partial charge in [0.1, 0.15) is 18.2 Å². The van der Waals surface area contributed by atoms with Crippen molar-refractivity contribution in [1.29, 1.82) is 0 Å². The number of benzene rings is 2. The van der Waals surface area contributed by atoms with E-state index >= 15 is 0 Å². The van der Waals surface area contributed by atoms with Crippen LogP contribution in [0.3, 0.4) is 0 Å². The van der Waals surface area contributed by atoms with Crippen molar-refractivity contribution in [2.24, 2.45) is 5.73 Å². The Balaban J connectivity index is 0.000000351. The number of nitrogens with one attached hydrogen (secondary N) is 1. The molecular formula is C30H34N2O10S. The third-order valence-corrected chi connectivity index (χ3v) is 7.05. The first-order chi connectivity index (χ1) is 20.1. The van der Waals surface area contributed by atoms with Gasteiger partial charge < -0.3 is 25.4 Å². The Labute approximate surface area is 249 Å². The molecule has 0 fully saturated rings. The first-order valence-corrected chi connectivity index (χ1v) is 14.8. The molecule has 230 valence electrons. The number of primary amides is 1. The molecule has 0 spiro atoms. The van der Waals surface area contributed by atoms with Crippen LogP contribution in [0.25, 0.3) is 11.1 Å². The van der Waals surface area contributed by atoms with Crippen molar-refractivity contribution in [1.82, 2.24) is 0 Å². The van der Waals surface area contributed by atoms with Crippen molar-refractivity contribution in [2.45, 2.75) is 63.7 Å². The highest BCUT2D eigenvalue weighted by Crippen LogP contribution is 2.46. The third-order valence-electron chi connectivity index (χ3n) is 6.20. The number of amides is 2. The molecule has 1 atom stereocenters. The van der Waals surface area contributed by atoms with Crippen molar-refractivity contribution < 1.29 is 46.5 Å². The zero-order valence-corrected chi connectivity index (χ0v) is 24.9. The summed E-state index contributed by atoms with van der Waals surface area (Å²) in [6, 6.07) is 9.60. The average molecular weight is 615 g/mol. The fourth-order valence-corrected chi connectivity index (χ4v) is 4.72. The minimum Gasteiger partial charge on any atom is -0.449 e. The molecule has 0 saturated heterocycles. The number of carbonyl (C=O) groups excluding carboxylic acids is 6. The van der Waals surface area contributed by atoms with Gasteiger partial charge in [-0.25, -0.2) is 4.79 Å². The molecule has 4 rings (SSSR count). The van der Waals surface area contributed by atoms with Gasteiger partial charge >= 0.3 is 6.09 Å². The first-order valence-electron chi connectivity index (χ1n) is 13.3. The molecule has 0 aliphatic heterocycles. The molecule has 0 saturated carbocycles. The molecule has 2 aliphatic carbocycles. The highest BCUT2D eigenvalue weighted by molar-refractivity contribution is 7.85. The number of anilines is 1. The van der Waals surface area contributed by atoms with Gasteiger partial charge in [-0.05, 0) is 78.9 Å². The normalized spacial score (nSPS) is 14.4. The Bertz CT molecular complexity index is 1530. The summed E-state index contributed by atoms with van der Waals surface area (Å²) in [6.45, 7) is 4.78. The van der Waals surface area contributed by atoms with E-state index in [9.17, 15) is 41.7 Å². The topological polar surface area (TPSA) is 204 Å². The van der Waals surface area contributed by atoms with E-state index in [0.29, 0.717) is 30.5 Å². The Kier molecular flexibility index (Phi) is 12.6. The number of fused-ring (bicyclic) bond motifs is 3. The highest BCUT2D eigenvalue weighted by atomic mass is 32.2. The fraction of sp³-hybridized carbons (Fsp3) is 0.333. The summed E-state index contributed by atoms with van der Waals surface area (Å²) >= 11 is 0. The van der Waals surface area contributed by atoms with Crippen LogP contribution in [0.15, 0.2) is 53.4 Å². The van der Waals surface area contributed by atoms with Crippen molar-refractivity contribution in [3.63, 3.8) is 0 Å². The second-order valence-electron chi connectivity index (χ2n) is 9.85. The van der Waals surface area contributed by atoms with Crippen LogP contribution in [0.4, 0.5) is 10.5 Å². The summed E-state index contributed by atoms with van der Waals surface area (Å²) in [6.07, 6.45) is 3.65. The number of ketones is 4. The number of hydrogen-bond acceptors (Lipinski definition) is 9. The second kappa shape index (κ2) is 15.7. The lowest BCUT2D eigenvalue weighted by Gasteiger charge is -2.14. The maximum absolute atomic E-state index is 11.9. The average Bonchev–Trinajstić information content (AvgIpc) is 3.44. The van der Waals surface area contributed by atoms with Gasteiger partial charge in [-0.2, -0.15) is 8.42 Å². The number of allylic oxidation sites excluding steroid dienone is 2. The van der Waals surface area contributed by atoms with Crippen molar-refractivity contribution in [3.05, 3.63) is 59.7 Å². The van der Waals surface area contributed by atoms with Gasteiger partial charge in [0.05, 0.1) is 11.3 Å². The summed E-state index contributed by atoms with van der Waals surface area (Å²) in [7, 11) is -4.39. The van der Waals surface area contributed by atoms with E-state index < -0.39 is 22.1 Å². The largest absolute Gasteiger partial charge is 0.449 e. The van der Waals surface area contributed by atoms with Gasteiger partial charge in [0.25, 0.3) is 10.1 Å². The molecule has 2 aromatic rings. The SMILES string of the molecule is CC(=O)CCC(C)=O.CCCC(=O)Nc1ccc2c(c1)C(COC(N)=O)c1cc(S(=O)(=O)O)ccc1-2.O=C1C=CC(=O)C1. The van der Waals surface area contributed by atoms with Gasteiger partial charge in [0.2, 0.25) is 5.91 Å². The van der Waals surface area contributed by atoms with Crippen LogP contribution in [0, 0.1) is 0 Å². The Morgan fingerprint density at radius 3 is 1.88 bits per heavy atom. The minimum absolute atomic E-state index is 0.0787. The first kappa shape index (κ1) is 34.7. The van der Waals surface area contributed by atoms with Gasteiger partial charge in [0, 0.05) is 30.9 Å². The molecular weight excluding hydrogens is 580 g/mol. The zero-order valence-electron chi connectivity index (χ0n) is 24.0. The third kappa shape index (κ3) is 11.0. The molecule has 2 aromatic carbocycles. The number of rotatable bonds is 9. The van der Waals surface area contributed by atoms with Crippen molar-refractivity contribution in [3.8, 4) is 11.1 Å². The lowest BCUT2D eigenvalue weighted by molar-refractivity contribution is -0.122. The van der Waals surface area contributed by atoms with E-state index in [1.54, 1.807) is 18.2 Å². The highest BCUT2D eigenvalue weighted by Gasteiger charge is 2.31. The maximum atomic E-state index is 11.9. The minimum atomic E-state index is -4.39. The van der Waals surface area contributed by atoms with Crippen LogP contribution in [-0.4, -0.2) is 54.7 Å². The maximum Gasteiger partial charge on any atom is 0.404 e. The molecule has 43 heavy (non-hydrogen) atoms. The van der Waals surface area contributed by atoms with Crippen molar-refractivity contribution >= 4 is 50.9 Å². The lowest BCUT2D eigenvalue weighted by Crippen LogP contribution is -2.18. The summed E-state index contributed by atoms with van der Waals surface area (Å²) < 4.78 is 37.4. The summed E-state index contributed by atoms with van der Waals surface area (Å²) in [5.74, 6) is -0.589. The van der Waals surface area contributed by atoms with E-state index in [2.05, 4.69) is 5.32 Å². The smallest absolute Gasteiger partial charge is 0.404 e. The summed E-state index contributed by atoms with van der Waals surface area (Å²) in [4.78, 5) is 63.4. The fourth-order valence-electron chi connectivity index (χ4n) is 4.20. The Hall–Kier alpha value is -4.49. The van der Waals surface area contributed by atoms with Gasteiger partial charge in [-0.15, -0.1) is 0 Å². The molecule has 13 heteroatoms. The Morgan fingerprint density at radius 2 is 1.44 bits per heavy atom. The van der Waals surface area contributed by atoms with Crippen LogP contribution in [-0.2, 0) is 38.8 Å². The molecule has 4 N–H and O–H groups in total. The summed E-state index contributed by atoms with van der Waals surface area (Å²) in [5, 5.41) is 2.81. The number of hydrogen-bond donors (Lipinski definition) is 3. The monoisotopic (exact) mass is 614 g/mol. The molecule has 12 nitrogen and oxygen atoms in total. The number of Topliss-reactive ketones (excluding diaryl/α,β-unsaturated/α-hetero) is 2. The van der Waals surface area contributed by atoms with E-state index in [1.807, 2.05) is 13.0 Å². The molecule has 0 radical (unpaired) electrons. The van der Waals surface area contributed by atoms with E-state index in [-0.39, 0.29) is 47.0 Å². The van der Waals surface area contributed by atoms with Crippen LogP contribution in [0.1, 0.15) is 69.9 Å². The van der Waals surface area contributed by atoms with E-state index in [4.69, 9.17) is 10.5 Å². The van der Waals surface area contributed by atoms with Crippen LogP contribution in [0.2, 0.25) is 0 Å². The number of carbonyl (C=O) groups is 6. The standard InChI is InChI=1S/C19H20N2O6S.C6H10O2.C5H4O2/c1-2-3-18(22)21-11-4-6-13-14-7-5-12(28(24,25)26)9-16(14)17(15(13)8-11)10-27-19(20)23;1-5(7)3-4-6(2)8;6-4-1-2-5(7)3-4/h4-9,17H,2-3,10H2,1H3,(H2,20,23)(H,21,22)(H,24,25,26);3-4H2,1-2H3;1-2H,3H2. The number of nitrogens with two attached hydrogens (primary N) is 1. The predicted molar refractivity (Wildman–Crippen MR) is 157 cm³/mol. The van der Waals surface area contributed by atoms with Crippen molar-refractivity contribution in [2.75, 3.05) is 11.9 Å².